The highest BCUT2D eigenvalue weighted by molar-refractivity contribution is 9.10. The number of halogens is 1. The molecule has 22 heavy (non-hydrogen) atoms. The van der Waals surface area contributed by atoms with Crippen molar-refractivity contribution in [2.24, 2.45) is 0 Å². The number of hydrogen-bond acceptors (Lipinski definition) is 3. The molecule has 5 nitrogen and oxygen atoms in total. The van der Waals surface area contributed by atoms with Crippen LogP contribution in [0.3, 0.4) is 0 Å². The van der Waals surface area contributed by atoms with Gasteiger partial charge in [0.15, 0.2) is 5.69 Å². The molecule has 6 heteroatoms. The fraction of sp³-hybridized carbons (Fsp3) is 0.0625. The Morgan fingerprint density at radius 3 is 2.55 bits per heavy atom. The molecular weight excluding hydrogens is 348 g/mol. The second-order valence-corrected chi connectivity index (χ2v) is 5.71. The fourth-order valence-electron chi connectivity index (χ4n) is 2.31. The highest BCUT2D eigenvalue weighted by atomic mass is 79.9. The largest absolute Gasteiger partial charge is 0.476 e. The van der Waals surface area contributed by atoms with Crippen LogP contribution < -0.4 is 5.56 Å². The predicted molar refractivity (Wildman–Crippen MR) is 86.2 cm³/mol. The maximum atomic E-state index is 12.5. The Bertz CT molecular complexity index is 934. The summed E-state index contributed by atoms with van der Waals surface area (Å²) in [5.41, 5.74) is 0.432. The molecule has 0 bridgehead atoms. The summed E-state index contributed by atoms with van der Waals surface area (Å²) in [5.74, 6) is -1.15. The molecule has 0 spiro atoms. The van der Waals surface area contributed by atoms with E-state index in [0.29, 0.717) is 10.8 Å². The van der Waals surface area contributed by atoms with Crippen LogP contribution in [0.15, 0.2) is 57.8 Å². The van der Waals surface area contributed by atoms with Crippen molar-refractivity contribution in [3.63, 3.8) is 0 Å². The number of aromatic carboxylic acids is 1. The third kappa shape index (κ3) is 2.65. The predicted octanol–water partition coefficient (Wildman–Crippen LogP) is 2.91. The van der Waals surface area contributed by atoms with Crippen LogP contribution in [0.5, 0.6) is 0 Å². The van der Waals surface area contributed by atoms with Crippen LogP contribution >= 0.6 is 15.9 Å². The summed E-state index contributed by atoms with van der Waals surface area (Å²) in [4.78, 5) is 23.9. The lowest BCUT2D eigenvalue weighted by Gasteiger charge is -2.09. The number of carboxylic acid groups (broad SMARTS) is 1. The second-order valence-electron chi connectivity index (χ2n) is 4.79. The molecule has 0 atom stereocenters. The first kappa shape index (κ1) is 14.5. The van der Waals surface area contributed by atoms with Gasteiger partial charge in [-0.1, -0.05) is 46.3 Å². The van der Waals surface area contributed by atoms with Gasteiger partial charge in [-0.3, -0.25) is 4.79 Å². The summed E-state index contributed by atoms with van der Waals surface area (Å²) in [6, 6.07) is 14.1. The smallest absolute Gasteiger partial charge is 0.357 e. The Kier molecular flexibility index (Phi) is 3.77. The first-order valence-corrected chi connectivity index (χ1v) is 7.33. The minimum absolute atomic E-state index is 0.120. The standard InChI is InChI=1S/C16H11BrN2O3/c17-11-5-3-4-10(8-11)9-19-15(20)13-7-2-1-6-12(13)14(18-19)16(21)22/h1-8H,9H2,(H,21,22). The van der Waals surface area contributed by atoms with Crippen LogP contribution in [0.25, 0.3) is 10.8 Å². The van der Waals surface area contributed by atoms with E-state index in [2.05, 4.69) is 21.0 Å². The first-order chi connectivity index (χ1) is 10.6. The van der Waals surface area contributed by atoms with Crippen LogP contribution in [0.4, 0.5) is 0 Å². The van der Waals surface area contributed by atoms with E-state index in [0.717, 1.165) is 10.0 Å². The van der Waals surface area contributed by atoms with Gasteiger partial charge in [0.25, 0.3) is 5.56 Å². The Labute approximate surface area is 134 Å². The molecule has 3 aromatic rings. The van der Waals surface area contributed by atoms with E-state index in [4.69, 9.17) is 0 Å². The monoisotopic (exact) mass is 358 g/mol. The Balaban J connectivity index is 2.20. The molecule has 1 heterocycles. The summed E-state index contributed by atoms with van der Waals surface area (Å²) in [5, 5.41) is 14.0. The maximum Gasteiger partial charge on any atom is 0.357 e. The third-order valence-electron chi connectivity index (χ3n) is 3.29. The van der Waals surface area contributed by atoms with Crippen molar-refractivity contribution < 1.29 is 9.90 Å². The van der Waals surface area contributed by atoms with Gasteiger partial charge >= 0.3 is 5.97 Å². The van der Waals surface area contributed by atoms with Gasteiger partial charge in [0, 0.05) is 9.86 Å². The molecule has 1 aromatic heterocycles. The minimum Gasteiger partial charge on any atom is -0.476 e. The van der Waals surface area contributed by atoms with Crippen molar-refractivity contribution in [3.8, 4) is 0 Å². The minimum atomic E-state index is -1.15. The highest BCUT2D eigenvalue weighted by Crippen LogP contribution is 2.15. The molecule has 0 aliphatic carbocycles. The van der Waals surface area contributed by atoms with Gasteiger partial charge in [0.2, 0.25) is 0 Å². The zero-order chi connectivity index (χ0) is 15.7. The maximum absolute atomic E-state index is 12.5. The van der Waals surface area contributed by atoms with Crippen LogP contribution in [-0.4, -0.2) is 20.9 Å². The molecule has 2 aromatic carbocycles. The van der Waals surface area contributed by atoms with Gasteiger partial charge in [-0.05, 0) is 23.8 Å². The second kappa shape index (κ2) is 5.73. The SMILES string of the molecule is O=C(O)c1nn(Cc2cccc(Br)c2)c(=O)c2ccccc12. The zero-order valence-electron chi connectivity index (χ0n) is 11.4. The summed E-state index contributed by atoms with van der Waals surface area (Å²) >= 11 is 3.37. The molecule has 0 aliphatic heterocycles. The van der Waals surface area contributed by atoms with E-state index in [1.165, 1.54) is 4.68 Å². The molecule has 0 unspecified atom stereocenters. The van der Waals surface area contributed by atoms with Crippen LogP contribution in [-0.2, 0) is 6.54 Å². The molecule has 0 radical (unpaired) electrons. The summed E-state index contributed by atoms with van der Waals surface area (Å²) in [6.45, 7) is 0.212. The summed E-state index contributed by atoms with van der Waals surface area (Å²) < 4.78 is 2.07. The van der Waals surface area contributed by atoms with E-state index >= 15 is 0 Å². The normalized spacial score (nSPS) is 10.8. The van der Waals surface area contributed by atoms with Gasteiger partial charge in [0.05, 0.1) is 11.9 Å². The van der Waals surface area contributed by atoms with E-state index in [9.17, 15) is 14.7 Å². The van der Waals surface area contributed by atoms with Crippen molar-refractivity contribution in [2.45, 2.75) is 6.54 Å². The Morgan fingerprint density at radius 2 is 1.86 bits per heavy atom. The lowest BCUT2D eigenvalue weighted by atomic mass is 10.1. The quantitative estimate of drug-likeness (QED) is 0.781. The lowest BCUT2D eigenvalue weighted by Crippen LogP contribution is -2.26. The van der Waals surface area contributed by atoms with Gasteiger partial charge in [-0.15, -0.1) is 0 Å². The number of carbonyl (C=O) groups is 1. The number of fused-ring (bicyclic) bond motifs is 1. The van der Waals surface area contributed by atoms with Gasteiger partial charge < -0.3 is 5.11 Å². The molecule has 1 N–H and O–H groups in total. The van der Waals surface area contributed by atoms with E-state index in [1.54, 1.807) is 24.3 Å². The molecule has 3 rings (SSSR count). The molecule has 0 aliphatic rings. The first-order valence-electron chi connectivity index (χ1n) is 6.54. The molecule has 0 saturated carbocycles. The van der Waals surface area contributed by atoms with Crippen molar-refractivity contribution in [1.82, 2.24) is 9.78 Å². The number of benzene rings is 2. The van der Waals surface area contributed by atoms with Crippen LogP contribution in [0.2, 0.25) is 0 Å². The lowest BCUT2D eigenvalue weighted by molar-refractivity contribution is 0.0690. The third-order valence-corrected chi connectivity index (χ3v) is 3.78. The topological polar surface area (TPSA) is 72.2 Å². The number of rotatable bonds is 3. The van der Waals surface area contributed by atoms with Crippen molar-refractivity contribution in [3.05, 3.63) is 74.6 Å². The number of aromatic nitrogens is 2. The van der Waals surface area contributed by atoms with Gasteiger partial charge in [-0.25, -0.2) is 9.48 Å². The van der Waals surface area contributed by atoms with E-state index < -0.39 is 5.97 Å². The molecule has 0 amide bonds. The van der Waals surface area contributed by atoms with Crippen LogP contribution in [0.1, 0.15) is 16.1 Å². The Morgan fingerprint density at radius 1 is 1.14 bits per heavy atom. The van der Waals surface area contributed by atoms with Gasteiger partial charge in [0.1, 0.15) is 0 Å². The number of carboxylic acids is 1. The average Bonchev–Trinajstić information content (AvgIpc) is 2.50. The van der Waals surface area contributed by atoms with Crippen LogP contribution in [0, 0.1) is 0 Å². The average molecular weight is 359 g/mol. The number of hydrogen-bond donors (Lipinski definition) is 1. The van der Waals surface area contributed by atoms with E-state index in [1.807, 2.05) is 24.3 Å². The number of nitrogens with zero attached hydrogens (tertiary/aromatic N) is 2. The Hall–Kier alpha value is -2.47. The molecular formula is C16H11BrN2O3. The highest BCUT2D eigenvalue weighted by Gasteiger charge is 2.15. The zero-order valence-corrected chi connectivity index (χ0v) is 12.9. The molecule has 110 valence electrons. The van der Waals surface area contributed by atoms with Gasteiger partial charge in [-0.2, -0.15) is 5.10 Å². The summed E-state index contributed by atoms with van der Waals surface area (Å²) in [6.07, 6.45) is 0. The van der Waals surface area contributed by atoms with Crippen molar-refractivity contribution in [1.29, 1.82) is 0 Å². The summed E-state index contributed by atoms with van der Waals surface area (Å²) in [7, 11) is 0. The molecule has 0 fully saturated rings. The fourth-order valence-corrected chi connectivity index (χ4v) is 2.76. The van der Waals surface area contributed by atoms with E-state index in [-0.39, 0.29) is 17.8 Å². The van der Waals surface area contributed by atoms with Crippen molar-refractivity contribution in [2.75, 3.05) is 0 Å². The van der Waals surface area contributed by atoms with Crippen molar-refractivity contribution >= 4 is 32.7 Å². The molecule has 0 saturated heterocycles.